The number of rotatable bonds is 7. The highest BCUT2D eigenvalue weighted by molar-refractivity contribution is 6.02. The molecular formula is C31H26F4N4O3. The number of aromatic amines is 1. The van der Waals surface area contributed by atoms with Crippen LogP contribution in [-0.4, -0.2) is 27.8 Å². The zero-order valence-electron chi connectivity index (χ0n) is 22.7. The van der Waals surface area contributed by atoms with Crippen molar-refractivity contribution in [1.82, 2.24) is 20.8 Å². The third-order valence-corrected chi connectivity index (χ3v) is 7.36. The van der Waals surface area contributed by atoms with Gasteiger partial charge in [0.1, 0.15) is 5.82 Å². The van der Waals surface area contributed by atoms with Gasteiger partial charge < -0.3 is 10.6 Å². The molecule has 7 nitrogen and oxygen atoms in total. The van der Waals surface area contributed by atoms with E-state index >= 15 is 0 Å². The molecule has 0 saturated heterocycles. The summed E-state index contributed by atoms with van der Waals surface area (Å²) in [5.41, 5.74) is 1.59. The molecule has 1 aliphatic rings. The Hall–Kier alpha value is -4.80. The van der Waals surface area contributed by atoms with E-state index in [1.54, 1.807) is 19.2 Å². The Morgan fingerprint density at radius 1 is 1.07 bits per heavy atom. The summed E-state index contributed by atoms with van der Waals surface area (Å²) in [5, 5.41) is 12.8. The molecule has 11 heteroatoms. The SMILES string of the molecule is CC1=C(C(=O)Cc2ccc3[nH]ncc3c2)C(c2ccc(F)c(C(=O)NCc3c(C)cccc3C(F)(F)F)c2)NC(=O)C1. The molecule has 0 fully saturated rings. The lowest BCUT2D eigenvalue weighted by Gasteiger charge is -2.28. The Bertz CT molecular complexity index is 1760. The number of hydrogen-bond acceptors (Lipinski definition) is 4. The molecule has 0 radical (unpaired) electrons. The number of carbonyl (C=O) groups is 3. The number of fused-ring (bicyclic) bond motifs is 1. The van der Waals surface area contributed by atoms with Crippen LogP contribution in [0.15, 0.2) is 71.9 Å². The van der Waals surface area contributed by atoms with Crippen LogP contribution >= 0.6 is 0 Å². The van der Waals surface area contributed by atoms with Gasteiger partial charge in [0.15, 0.2) is 5.78 Å². The van der Waals surface area contributed by atoms with Crippen molar-refractivity contribution in [3.05, 3.63) is 111 Å². The molecule has 216 valence electrons. The number of halogens is 4. The van der Waals surface area contributed by atoms with Gasteiger partial charge in [-0.2, -0.15) is 18.3 Å². The first-order chi connectivity index (χ1) is 19.9. The van der Waals surface area contributed by atoms with Gasteiger partial charge in [-0.3, -0.25) is 19.5 Å². The van der Waals surface area contributed by atoms with E-state index < -0.39 is 41.6 Å². The minimum absolute atomic E-state index is 0.00480. The lowest BCUT2D eigenvalue weighted by Crippen LogP contribution is -2.37. The van der Waals surface area contributed by atoms with Gasteiger partial charge in [-0.25, -0.2) is 4.39 Å². The smallest absolute Gasteiger partial charge is 0.348 e. The molecule has 0 spiro atoms. The second-order valence-corrected chi connectivity index (χ2v) is 10.3. The normalized spacial score (nSPS) is 15.6. The van der Waals surface area contributed by atoms with Crippen molar-refractivity contribution < 1.29 is 31.9 Å². The van der Waals surface area contributed by atoms with Crippen molar-refractivity contribution >= 4 is 28.5 Å². The van der Waals surface area contributed by atoms with Crippen molar-refractivity contribution in [1.29, 1.82) is 0 Å². The van der Waals surface area contributed by atoms with Gasteiger partial charge in [-0.05, 0) is 66.4 Å². The Kier molecular flexibility index (Phi) is 7.68. The van der Waals surface area contributed by atoms with Crippen LogP contribution in [0, 0.1) is 12.7 Å². The summed E-state index contributed by atoms with van der Waals surface area (Å²) in [6, 6.07) is 11.8. The number of hydrogen-bond donors (Lipinski definition) is 3. The molecule has 4 aromatic rings. The number of alkyl halides is 3. The van der Waals surface area contributed by atoms with Crippen molar-refractivity contribution in [3.63, 3.8) is 0 Å². The van der Waals surface area contributed by atoms with Crippen molar-refractivity contribution in [2.75, 3.05) is 0 Å². The standard InChI is InChI=1S/C31H26F4N4O3/c1-16-4-3-5-23(31(33,34)35)22(16)15-36-30(42)21-13-19(7-8-24(21)32)29-28(17(2)10-27(41)38-29)26(40)12-18-6-9-25-20(11-18)14-37-39-25/h3-9,11,13-14,29H,10,12,15H2,1-2H3,(H,36,42)(H,37,39)(H,38,41). The predicted molar refractivity (Wildman–Crippen MR) is 147 cm³/mol. The molecule has 1 atom stereocenters. The quantitative estimate of drug-likeness (QED) is 0.247. The Labute approximate surface area is 238 Å². The predicted octanol–water partition coefficient (Wildman–Crippen LogP) is 5.65. The Morgan fingerprint density at radius 2 is 1.86 bits per heavy atom. The minimum atomic E-state index is -4.63. The largest absolute Gasteiger partial charge is 0.416 e. The zero-order valence-corrected chi connectivity index (χ0v) is 22.7. The molecule has 1 unspecified atom stereocenters. The number of ketones is 1. The summed E-state index contributed by atoms with van der Waals surface area (Å²) >= 11 is 0. The monoisotopic (exact) mass is 578 g/mol. The molecule has 1 aliphatic heterocycles. The average Bonchev–Trinajstić information content (AvgIpc) is 3.39. The highest BCUT2D eigenvalue weighted by Crippen LogP contribution is 2.34. The lowest BCUT2D eigenvalue weighted by atomic mass is 9.85. The second-order valence-electron chi connectivity index (χ2n) is 10.3. The van der Waals surface area contributed by atoms with Gasteiger partial charge in [0.25, 0.3) is 5.91 Å². The van der Waals surface area contributed by atoms with E-state index in [0.717, 1.165) is 28.6 Å². The van der Waals surface area contributed by atoms with Crippen LogP contribution in [0.3, 0.4) is 0 Å². The van der Waals surface area contributed by atoms with Crippen LogP contribution in [0.4, 0.5) is 17.6 Å². The zero-order chi connectivity index (χ0) is 30.2. The summed E-state index contributed by atoms with van der Waals surface area (Å²) in [4.78, 5) is 39.0. The van der Waals surface area contributed by atoms with Gasteiger partial charge in [0.05, 0.1) is 28.9 Å². The first kappa shape index (κ1) is 28.7. The molecule has 0 aliphatic carbocycles. The number of amides is 2. The van der Waals surface area contributed by atoms with Crippen LogP contribution in [0.2, 0.25) is 0 Å². The fourth-order valence-electron chi connectivity index (χ4n) is 5.26. The lowest BCUT2D eigenvalue weighted by molar-refractivity contribution is -0.138. The summed E-state index contributed by atoms with van der Waals surface area (Å²) in [6.07, 6.45) is -2.95. The number of nitrogens with one attached hydrogen (secondary N) is 3. The van der Waals surface area contributed by atoms with Gasteiger partial charge in [0, 0.05) is 30.3 Å². The van der Waals surface area contributed by atoms with Crippen molar-refractivity contribution in [3.8, 4) is 0 Å². The average molecular weight is 579 g/mol. The topological polar surface area (TPSA) is 104 Å². The Balaban J connectivity index is 1.41. The minimum Gasteiger partial charge on any atom is -0.348 e. The first-order valence-corrected chi connectivity index (χ1v) is 13.1. The summed E-state index contributed by atoms with van der Waals surface area (Å²) in [7, 11) is 0. The number of Topliss-reactive ketones (excluding diaryl/α,β-unsaturated/α-hetero) is 1. The molecular weight excluding hydrogens is 552 g/mol. The Morgan fingerprint density at radius 3 is 2.62 bits per heavy atom. The van der Waals surface area contributed by atoms with Crippen LogP contribution in [0.25, 0.3) is 10.9 Å². The summed E-state index contributed by atoms with van der Waals surface area (Å²) in [5.74, 6) is -2.44. The number of nitrogens with zero attached hydrogens (tertiary/aromatic N) is 1. The van der Waals surface area contributed by atoms with Crippen LogP contribution < -0.4 is 10.6 Å². The van der Waals surface area contributed by atoms with E-state index in [1.165, 1.54) is 31.2 Å². The third kappa shape index (κ3) is 5.81. The molecule has 5 rings (SSSR count). The summed E-state index contributed by atoms with van der Waals surface area (Å²) in [6.45, 7) is 2.69. The molecule has 1 aromatic heterocycles. The number of aromatic nitrogens is 2. The van der Waals surface area contributed by atoms with Crippen molar-refractivity contribution in [2.24, 2.45) is 0 Å². The number of H-pyrrole nitrogens is 1. The molecule has 42 heavy (non-hydrogen) atoms. The first-order valence-electron chi connectivity index (χ1n) is 13.1. The second kappa shape index (κ2) is 11.2. The number of aryl methyl sites for hydroxylation is 1. The fourth-order valence-corrected chi connectivity index (χ4v) is 5.26. The van der Waals surface area contributed by atoms with Crippen LogP contribution in [-0.2, 0) is 28.7 Å². The fraction of sp³-hybridized carbons (Fsp3) is 0.226. The van der Waals surface area contributed by atoms with Crippen molar-refractivity contribution in [2.45, 2.75) is 45.5 Å². The highest BCUT2D eigenvalue weighted by atomic mass is 19.4. The van der Waals surface area contributed by atoms with Crippen LogP contribution in [0.5, 0.6) is 0 Å². The third-order valence-electron chi connectivity index (χ3n) is 7.36. The molecule has 3 N–H and O–H groups in total. The maximum atomic E-state index is 14.8. The molecule has 0 bridgehead atoms. The number of benzene rings is 3. The van der Waals surface area contributed by atoms with E-state index in [4.69, 9.17) is 0 Å². The maximum Gasteiger partial charge on any atom is 0.416 e. The van der Waals surface area contributed by atoms with Gasteiger partial charge in [-0.1, -0.05) is 29.8 Å². The van der Waals surface area contributed by atoms with Gasteiger partial charge >= 0.3 is 6.18 Å². The highest BCUT2D eigenvalue weighted by Gasteiger charge is 2.34. The van der Waals surface area contributed by atoms with E-state index in [1.807, 2.05) is 12.1 Å². The molecule has 2 heterocycles. The van der Waals surface area contributed by atoms with Crippen LogP contribution in [0.1, 0.15) is 57.6 Å². The van der Waals surface area contributed by atoms with E-state index in [2.05, 4.69) is 20.8 Å². The van der Waals surface area contributed by atoms with E-state index in [0.29, 0.717) is 16.7 Å². The molecule has 2 amide bonds. The maximum absolute atomic E-state index is 14.8. The summed E-state index contributed by atoms with van der Waals surface area (Å²) < 4.78 is 55.4. The van der Waals surface area contributed by atoms with Gasteiger partial charge in [0.2, 0.25) is 5.91 Å². The molecule has 3 aromatic carbocycles. The van der Waals surface area contributed by atoms with E-state index in [-0.39, 0.29) is 35.7 Å². The van der Waals surface area contributed by atoms with Gasteiger partial charge in [-0.15, -0.1) is 0 Å². The van der Waals surface area contributed by atoms with E-state index in [9.17, 15) is 31.9 Å². The number of carbonyl (C=O) groups excluding carboxylic acids is 3. The molecule has 0 saturated carbocycles.